The number of benzene rings is 2. The Hall–Kier alpha value is -3.10. The maximum Gasteiger partial charge on any atom is 0.487 e. The molecule has 1 aliphatic carbocycles. The summed E-state index contributed by atoms with van der Waals surface area (Å²) in [6.07, 6.45) is -1.32. The van der Waals surface area contributed by atoms with Crippen LogP contribution in [0.4, 0.5) is 4.79 Å². The quantitative estimate of drug-likeness (QED) is 0.290. The first-order valence-corrected chi connectivity index (χ1v) is 13.1. The summed E-state index contributed by atoms with van der Waals surface area (Å²) in [4.78, 5) is 39.6. The number of nitrogens with zero attached hydrogens (tertiary/aromatic N) is 1. The average Bonchev–Trinajstić information content (AvgIpc) is 3.17. The third-order valence-corrected chi connectivity index (χ3v) is 8.19. The van der Waals surface area contributed by atoms with Crippen LogP contribution in [0.2, 0.25) is 0 Å². The van der Waals surface area contributed by atoms with Gasteiger partial charge in [-0.2, -0.15) is 4.90 Å². The van der Waals surface area contributed by atoms with Crippen molar-refractivity contribution in [3.63, 3.8) is 0 Å². The van der Waals surface area contributed by atoms with Gasteiger partial charge in [-0.15, -0.1) is 0 Å². The van der Waals surface area contributed by atoms with Gasteiger partial charge in [0.05, 0.1) is 35.7 Å². The molecular weight excluding hydrogens is 608 g/mol. The second kappa shape index (κ2) is 10.6. The van der Waals surface area contributed by atoms with Crippen molar-refractivity contribution >= 4 is 47.6 Å². The van der Waals surface area contributed by atoms with E-state index in [2.05, 4.69) is 0 Å². The van der Waals surface area contributed by atoms with E-state index < -0.39 is 48.9 Å². The molecule has 10 nitrogen and oxygen atoms in total. The monoisotopic (exact) mass is 633 g/mol. The highest BCUT2D eigenvalue weighted by atomic mass is 127. The van der Waals surface area contributed by atoms with Gasteiger partial charge in [-0.05, 0) is 82.2 Å². The van der Waals surface area contributed by atoms with E-state index in [0.717, 1.165) is 7.11 Å². The first-order valence-electron chi connectivity index (χ1n) is 12.0. The van der Waals surface area contributed by atoms with E-state index in [1.54, 1.807) is 24.3 Å². The van der Waals surface area contributed by atoms with Gasteiger partial charge in [-0.1, -0.05) is 18.2 Å². The molecule has 2 heterocycles. The molecule has 3 aliphatic rings. The van der Waals surface area contributed by atoms with Crippen molar-refractivity contribution in [1.82, 2.24) is 4.90 Å². The first-order chi connectivity index (χ1) is 18.2. The first kappa shape index (κ1) is 26.5. The maximum absolute atomic E-state index is 13.4. The maximum atomic E-state index is 13.4. The van der Waals surface area contributed by atoms with Crippen molar-refractivity contribution in [3.05, 3.63) is 62.6 Å². The minimum atomic E-state index is -1.37. The highest BCUT2D eigenvalue weighted by Gasteiger charge is 2.59. The minimum Gasteiger partial charge on any atom is -0.504 e. The lowest BCUT2D eigenvalue weighted by atomic mass is 9.55. The highest BCUT2D eigenvalue weighted by Crippen LogP contribution is 2.52. The molecule has 38 heavy (non-hydrogen) atoms. The normalized spacial score (nSPS) is 24.7. The molecule has 0 aromatic heterocycles. The molecule has 0 radical (unpaired) electrons. The number of hydrogen-bond acceptors (Lipinski definition) is 9. The Morgan fingerprint density at radius 3 is 2.58 bits per heavy atom. The number of fused-ring (bicyclic) bond motifs is 3. The molecule has 2 aromatic rings. The third kappa shape index (κ3) is 4.54. The summed E-state index contributed by atoms with van der Waals surface area (Å²) in [5, 5.41) is 21.5. The van der Waals surface area contributed by atoms with Crippen LogP contribution in [0.5, 0.6) is 17.2 Å². The van der Waals surface area contributed by atoms with E-state index in [-0.39, 0.29) is 30.9 Å². The van der Waals surface area contributed by atoms with Gasteiger partial charge in [-0.25, -0.2) is 4.79 Å². The Kier molecular flexibility index (Phi) is 7.38. The van der Waals surface area contributed by atoms with E-state index in [1.807, 2.05) is 40.8 Å². The van der Waals surface area contributed by atoms with Crippen molar-refractivity contribution in [2.24, 2.45) is 17.8 Å². The van der Waals surface area contributed by atoms with Crippen molar-refractivity contribution in [3.8, 4) is 17.2 Å². The number of hydrogen-bond donors (Lipinski definition) is 2. The molecule has 0 spiro atoms. The smallest absolute Gasteiger partial charge is 0.487 e. The summed E-state index contributed by atoms with van der Waals surface area (Å²) in [5.41, 5.74) is 1.77. The van der Waals surface area contributed by atoms with Gasteiger partial charge in [0, 0.05) is 0 Å². The second-order valence-electron chi connectivity index (χ2n) is 9.35. The number of para-hydroxylation sites is 1. The van der Waals surface area contributed by atoms with E-state index >= 15 is 0 Å². The number of carbonyl (C=O) groups is 3. The fourth-order valence-corrected chi connectivity index (χ4v) is 6.28. The summed E-state index contributed by atoms with van der Waals surface area (Å²) in [7, 11) is 1.17. The summed E-state index contributed by atoms with van der Waals surface area (Å²) in [6, 6.07) is 12.4. The Labute approximate surface area is 232 Å². The van der Waals surface area contributed by atoms with E-state index in [1.165, 1.54) is 7.11 Å². The molecule has 0 bridgehead atoms. The standard InChI is InChI=1S/C26H25BINO9/c1-35-20-10-13(9-18(28)23(20)30)19-11-16-21-17(24(31)29(25(21)32)26(33)36-2)8-14(22(16)27(34)38-19)12-37-15-6-4-3-5-7-15/h3-7,9-10,16-17,19,21,30,34H,8,11-12H2,1-2H3/t16-,17-,19-,21+/m0/s1. The van der Waals surface area contributed by atoms with Crippen LogP contribution in [0.1, 0.15) is 24.5 Å². The van der Waals surface area contributed by atoms with Crippen LogP contribution in [0.15, 0.2) is 53.5 Å². The number of rotatable bonds is 5. The molecule has 2 fully saturated rings. The van der Waals surface area contributed by atoms with E-state index in [4.69, 9.17) is 18.9 Å². The zero-order valence-corrected chi connectivity index (χ0v) is 22.8. The fourth-order valence-electron chi connectivity index (χ4n) is 5.65. The summed E-state index contributed by atoms with van der Waals surface area (Å²) < 4.78 is 22.5. The van der Waals surface area contributed by atoms with Gasteiger partial charge in [0.15, 0.2) is 11.5 Å². The summed E-state index contributed by atoms with van der Waals surface area (Å²) in [5.74, 6) is -2.70. The SMILES string of the molecule is COC(=O)N1C(=O)[C@H]2[C@H](CC(COc3ccccc3)=C3B(O)O[C@H](c4cc(I)c(O)c(OC)c4)C[C@H]32)C1=O. The van der Waals surface area contributed by atoms with Crippen LogP contribution in [0.3, 0.4) is 0 Å². The molecule has 2 saturated heterocycles. The molecular formula is C26H25BINO9. The number of halogens is 1. The Morgan fingerprint density at radius 1 is 1.16 bits per heavy atom. The van der Waals surface area contributed by atoms with Crippen LogP contribution < -0.4 is 9.47 Å². The topological polar surface area (TPSA) is 132 Å². The number of imide groups is 3. The van der Waals surface area contributed by atoms with Crippen molar-refractivity contribution in [1.29, 1.82) is 0 Å². The van der Waals surface area contributed by atoms with Crippen molar-refractivity contribution < 1.29 is 43.4 Å². The number of ether oxygens (including phenoxy) is 3. The molecule has 12 heteroatoms. The predicted molar refractivity (Wildman–Crippen MR) is 142 cm³/mol. The van der Waals surface area contributed by atoms with Gasteiger partial charge in [0.25, 0.3) is 0 Å². The average molecular weight is 633 g/mol. The van der Waals surface area contributed by atoms with Crippen LogP contribution in [-0.4, -0.2) is 60.9 Å². The molecule has 2 aliphatic heterocycles. The molecule has 2 aromatic carbocycles. The number of aromatic hydroxyl groups is 1. The number of phenols is 1. The molecule has 5 rings (SSSR count). The summed E-state index contributed by atoms with van der Waals surface area (Å²) >= 11 is 1.97. The minimum absolute atomic E-state index is 0.0165. The van der Waals surface area contributed by atoms with Crippen LogP contribution in [0.25, 0.3) is 0 Å². The van der Waals surface area contributed by atoms with Crippen molar-refractivity contribution in [2.75, 3.05) is 20.8 Å². The van der Waals surface area contributed by atoms with Gasteiger partial charge < -0.3 is 29.0 Å². The molecule has 4 atom stereocenters. The lowest BCUT2D eigenvalue weighted by Gasteiger charge is -2.42. The zero-order valence-electron chi connectivity index (χ0n) is 20.6. The summed E-state index contributed by atoms with van der Waals surface area (Å²) in [6.45, 7) is 0.0782. The number of phenolic OH excluding ortho intramolecular Hbond substituents is 1. The lowest BCUT2D eigenvalue weighted by Crippen LogP contribution is -2.45. The van der Waals surface area contributed by atoms with Crippen LogP contribution in [0, 0.1) is 21.3 Å². The van der Waals surface area contributed by atoms with Gasteiger partial charge in [-0.3, -0.25) is 9.59 Å². The van der Waals surface area contributed by atoms with Crippen LogP contribution >= 0.6 is 22.6 Å². The number of carbonyl (C=O) groups excluding carboxylic acids is 3. The number of likely N-dealkylation sites (tertiary alicyclic amines) is 1. The van der Waals surface area contributed by atoms with Gasteiger partial charge in [0.2, 0.25) is 11.8 Å². The fraction of sp³-hybridized carbons (Fsp3) is 0.346. The lowest BCUT2D eigenvalue weighted by molar-refractivity contribution is -0.137. The van der Waals surface area contributed by atoms with Gasteiger partial charge >= 0.3 is 13.2 Å². The van der Waals surface area contributed by atoms with E-state index in [9.17, 15) is 24.5 Å². The molecule has 2 N–H and O–H groups in total. The predicted octanol–water partition coefficient (Wildman–Crippen LogP) is 3.25. The van der Waals surface area contributed by atoms with Gasteiger partial charge in [0.1, 0.15) is 12.4 Å². The number of methoxy groups -OCH3 is 2. The zero-order chi connectivity index (χ0) is 27.1. The van der Waals surface area contributed by atoms with Crippen LogP contribution in [-0.2, 0) is 19.0 Å². The second-order valence-corrected chi connectivity index (χ2v) is 10.5. The Balaban J connectivity index is 1.54. The molecule has 0 saturated carbocycles. The Bertz CT molecular complexity index is 1320. The molecule has 198 valence electrons. The van der Waals surface area contributed by atoms with Crippen molar-refractivity contribution in [2.45, 2.75) is 18.9 Å². The van der Waals surface area contributed by atoms with E-state index in [0.29, 0.717) is 30.8 Å². The third-order valence-electron chi connectivity index (χ3n) is 7.37. The molecule has 0 unspecified atom stereocenters. The number of amides is 3. The molecule has 3 amide bonds. The highest BCUT2D eigenvalue weighted by molar-refractivity contribution is 14.1. The number of allylic oxidation sites excluding steroid dienone is 1. The Morgan fingerprint density at radius 2 is 1.89 bits per heavy atom. The largest absolute Gasteiger partial charge is 0.504 e.